The number of halogens is 1. The van der Waals surface area contributed by atoms with Gasteiger partial charge in [0.1, 0.15) is 24.1 Å². The molecular formula is C14H20ClNO3. The fourth-order valence-corrected chi connectivity index (χ4v) is 1.95. The first-order valence-corrected chi connectivity index (χ1v) is 6.75. The Hall–Kier alpha value is -1.29. The first-order chi connectivity index (χ1) is 9.09. The van der Waals surface area contributed by atoms with E-state index >= 15 is 0 Å². The van der Waals surface area contributed by atoms with Gasteiger partial charge in [0.25, 0.3) is 0 Å². The third kappa shape index (κ3) is 4.10. The van der Waals surface area contributed by atoms with Crippen LogP contribution in [0.5, 0.6) is 11.5 Å². The van der Waals surface area contributed by atoms with Gasteiger partial charge in [-0.1, -0.05) is 19.0 Å². The molecule has 5 heteroatoms. The molecule has 0 radical (unpaired) electrons. The molecule has 0 saturated carbocycles. The highest BCUT2D eigenvalue weighted by Gasteiger charge is 2.35. The molecule has 0 heterocycles. The van der Waals surface area contributed by atoms with Crippen molar-refractivity contribution < 1.29 is 9.47 Å². The van der Waals surface area contributed by atoms with Gasteiger partial charge in [-0.25, -0.2) is 0 Å². The molecule has 0 aliphatic heterocycles. The molecule has 0 amide bonds. The van der Waals surface area contributed by atoms with Gasteiger partial charge in [0.05, 0.1) is 12.0 Å². The van der Waals surface area contributed by atoms with Gasteiger partial charge in [0.15, 0.2) is 0 Å². The van der Waals surface area contributed by atoms with Crippen LogP contribution in [0.3, 0.4) is 0 Å². The van der Waals surface area contributed by atoms with Gasteiger partial charge < -0.3 is 9.47 Å². The molecule has 1 aromatic rings. The summed E-state index contributed by atoms with van der Waals surface area (Å²) in [6, 6.07) is 6.60. The minimum absolute atomic E-state index is 0.182. The van der Waals surface area contributed by atoms with E-state index in [9.17, 15) is 4.91 Å². The Morgan fingerprint density at radius 3 is 2.16 bits per heavy atom. The molecule has 0 bridgehead atoms. The Labute approximate surface area is 119 Å². The van der Waals surface area contributed by atoms with Gasteiger partial charge in [-0.3, -0.25) is 0 Å². The average molecular weight is 286 g/mol. The van der Waals surface area contributed by atoms with Crippen LogP contribution in [0.4, 0.5) is 0 Å². The molecule has 1 unspecified atom stereocenters. The van der Waals surface area contributed by atoms with Crippen molar-refractivity contribution in [1.82, 2.24) is 0 Å². The number of nitroso groups, excluding NO2 is 1. The summed E-state index contributed by atoms with van der Waals surface area (Å²) in [5.41, 5.74) is 0. The van der Waals surface area contributed by atoms with Gasteiger partial charge in [0, 0.05) is 0 Å². The smallest absolute Gasteiger partial charge is 0.145 e. The first kappa shape index (κ1) is 15.8. The number of hydrogen-bond donors (Lipinski definition) is 0. The molecule has 0 aromatic heterocycles. The minimum Gasteiger partial charge on any atom is -0.497 e. The summed E-state index contributed by atoms with van der Waals surface area (Å²) in [6.07, 6.45) is 1.35. The van der Waals surface area contributed by atoms with Crippen molar-refractivity contribution in [3.8, 4) is 11.5 Å². The molecule has 0 saturated heterocycles. The molecular weight excluding hydrogens is 266 g/mol. The number of benzene rings is 1. The Morgan fingerprint density at radius 2 is 1.74 bits per heavy atom. The van der Waals surface area contributed by atoms with Crippen molar-refractivity contribution in [2.75, 3.05) is 13.7 Å². The topological polar surface area (TPSA) is 47.9 Å². The third-order valence-corrected chi connectivity index (χ3v) is 4.15. The average Bonchev–Trinajstić information content (AvgIpc) is 2.48. The van der Waals surface area contributed by atoms with Gasteiger partial charge in [-0.15, -0.1) is 11.6 Å². The lowest BCUT2D eigenvalue weighted by Gasteiger charge is -2.28. The van der Waals surface area contributed by atoms with Crippen LogP contribution in [0.1, 0.15) is 26.7 Å². The monoisotopic (exact) mass is 285 g/mol. The summed E-state index contributed by atoms with van der Waals surface area (Å²) in [6.45, 7) is 4.07. The molecule has 4 nitrogen and oxygen atoms in total. The second-order valence-electron chi connectivity index (χ2n) is 4.35. The maximum absolute atomic E-state index is 11.0. The summed E-state index contributed by atoms with van der Waals surface area (Å²) >= 11 is 6.39. The zero-order valence-corrected chi connectivity index (χ0v) is 12.3. The van der Waals surface area contributed by atoms with Crippen LogP contribution in [-0.2, 0) is 0 Å². The number of rotatable bonds is 8. The molecule has 0 aliphatic rings. The maximum atomic E-state index is 11.0. The van der Waals surface area contributed by atoms with Crippen molar-refractivity contribution in [3.05, 3.63) is 29.2 Å². The highest BCUT2D eigenvalue weighted by Crippen LogP contribution is 2.31. The van der Waals surface area contributed by atoms with Crippen molar-refractivity contribution >= 4 is 11.6 Å². The normalized spacial score (nSPS) is 12.8. The second kappa shape index (κ2) is 7.34. The van der Waals surface area contributed by atoms with Crippen LogP contribution >= 0.6 is 11.6 Å². The number of hydrogen-bond acceptors (Lipinski definition) is 4. The zero-order chi connectivity index (χ0) is 14.3. The maximum Gasteiger partial charge on any atom is 0.145 e. The highest BCUT2D eigenvalue weighted by atomic mass is 35.5. The molecule has 0 N–H and O–H groups in total. The summed E-state index contributed by atoms with van der Waals surface area (Å²) in [7, 11) is 1.60. The minimum atomic E-state index is -0.631. The van der Waals surface area contributed by atoms with Crippen molar-refractivity contribution in [3.63, 3.8) is 0 Å². The van der Waals surface area contributed by atoms with E-state index in [-0.39, 0.29) is 6.61 Å². The molecule has 1 aromatic carbocycles. The molecule has 0 aliphatic carbocycles. The van der Waals surface area contributed by atoms with Crippen LogP contribution in [0, 0.1) is 4.91 Å². The SMILES string of the molecule is CCC(Cl)(CC)C(COc1ccc(OC)cc1)N=O. The number of nitrogens with zero attached hydrogens (tertiary/aromatic N) is 1. The van der Waals surface area contributed by atoms with Crippen molar-refractivity contribution in [2.45, 2.75) is 37.6 Å². The van der Waals surface area contributed by atoms with E-state index < -0.39 is 10.9 Å². The van der Waals surface area contributed by atoms with Gasteiger partial charge in [0.2, 0.25) is 0 Å². The largest absolute Gasteiger partial charge is 0.497 e. The Balaban J connectivity index is 2.64. The van der Waals surface area contributed by atoms with E-state index in [1.165, 1.54) is 0 Å². The number of methoxy groups -OCH3 is 1. The van der Waals surface area contributed by atoms with Crippen LogP contribution in [0.15, 0.2) is 29.4 Å². The Kier molecular flexibility index (Phi) is 6.09. The van der Waals surface area contributed by atoms with Crippen LogP contribution < -0.4 is 9.47 Å². The standard InChI is InChI=1S/C14H20ClNO3/c1-4-14(15,5-2)13(16-17)10-19-12-8-6-11(18-3)7-9-12/h6-9,13H,4-5,10H2,1-3H3. The summed E-state index contributed by atoms with van der Waals surface area (Å²) in [4.78, 5) is 10.3. The van der Waals surface area contributed by atoms with Gasteiger partial charge >= 0.3 is 0 Å². The zero-order valence-electron chi connectivity index (χ0n) is 11.6. The van der Waals surface area contributed by atoms with E-state index in [4.69, 9.17) is 21.1 Å². The van der Waals surface area contributed by atoms with Crippen molar-refractivity contribution in [1.29, 1.82) is 0 Å². The van der Waals surface area contributed by atoms with Crippen LogP contribution in [-0.4, -0.2) is 24.6 Å². The fraction of sp³-hybridized carbons (Fsp3) is 0.571. The van der Waals surface area contributed by atoms with Crippen molar-refractivity contribution in [2.24, 2.45) is 5.18 Å². The Morgan fingerprint density at radius 1 is 1.21 bits per heavy atom. The summed E-state index contributed by atoms with van der Waals surface area (Å²) < 4.78 is 10.6. The lowest BCUT2D eigenvalue weighted by Crippen LogP contribution is -2.38. The van der Waals surface area contributed by atoms with E-state index in [0.29, 0.717) is 18.6 Å². The molecule has 1 rings (SSSR count). The lowest BCUT2D eigenvalue weighted by molar-refractivity contribution is 0.251. The van der Waals surface area contributed by atoms with Crippen LogP contribution in [0.2, 0.25) is 0 Å². The third-order valence-electron chi connectivity index (χ3n) is 3.37. The summed E-state index contributed by atoms with van der Waals surface area (Å²) in [5, 5.41) is 3.12. The first-order valence-electron chi connectivity index (χ1n) is 6.37. The van der Waals surface area contributed by atoms with Crippen LogP contribution in [0.25, 0.3) is 0 Å². The second-order valence-corrected chi connectivity index (χ2v) is 5.10. The predicted molar refractivity (Wildman–Crippen MR) is 77.2 cm³/mol. The van der Waals surface area contributed by atoms with E-state index in [0.717, 1.165) is 5.75 Å². The lowest BCUT2D eigenvalue weighted by atomic mass is 9.94. The number of ether oxygens (including phenoxy) is 2. The predicted octanol–water partition coefficient (Wildman–Crippen LogP) is 4.01. The Bertz CT molecular complexity index is 390. The molecule has 1 atom stereocenters. The van der Waals surface area contributed by atoms with Gasteiger partial charge in [-0.05, 0) is 37.1 Å². The summed E-state index contributed by atoms with van der Waals surface area (Å²) in [5.74, 6) is 1.42. The molecule has 0 fully saturated rings. The molecule has 106 valence electrons. The highest BCUT2D eigenvalue weighted by molar-refractivity contribution is 6.24. The van der Waals surface area contributed by atoms with E-state index in [2.05, 4.69) is 5.18 Å². The van der Waals surface area contributed by atoms with Gasteiger partial charge in [-0.2, -0.15) is 4.91 Å². The number of alkyl halides is 1. The molecule has 19 heavy (non-hydrogen) atoms. The van der Waals surface area contributed by atoms with E-state index in [1.54, 1.807) is 31.4 Å². The molecule has 0 spiro atoms. The quantitative estimate of drug-likeness (QED) is 0.536. The van der Waals surface area contributed by atoms with E-state index in [1.807, 2.05) is 13.8 Å². The fourth-order valence-electron chi connectivity index (χ4n) is 1.84.